The molecule has 0 atom stereocenters. The monoisotopic (exact) mass is 291 g/mol. The molecule has 5 nitrogen and oxygen atoms in total. The number of hydrogen-bond donors (Lipinski definition) is 0. The maximum absolute atomic E-state index is 4.45. The molecule has 1 aromatic rings. The first-order chi connectivity index (χ1) is 10.1. The number of likely N-dealkylation sites (tertiary alicyclic amines) is 1. The second-order valence-electron chi connectivity index (χ2n) is 6.93. The molecule has 0 N–H and O–H groups in total. The molecule has 0 aliphatic carbocycles. The fourth-order valence-electron chi connectivity index (χ4n) is 3.81. The van der Waals surface area contributed by atoms with Crippen molar-refractivity contribution in [1.82, 2.24) is 24.3 Å². The molecule has 1 aromatic heterocycles. The lowest BCUT2D eigenvalue weighted by Crippen LogP contribution is -2.64. The van der Waals surface area contributed by atoms with E-state index in [1.165, 1.54) is 51.4 Å². The SMILES string of the molecule is CN1CCC2(CC1)CN(CCc1nccn1C)CCN2C. The Bertz CT molecular complexity index is 461. The number of piperidine rings is 1. The molecule has 0 aromatic carbocycles. The third-order valence-electron chi connectivity index (χ3n) is 5.57. The lowest BCUT2D eigenvalue weighted by Gasteiger charge is -2.52. The number of rotatable bonds is 3. The van der Waals surface area contributed by atoms with Crippen LogP contribution in [-0.4, -0.2) is 83.2 Å². The van der Waals surface area contributed by atoms with Crippen molar-refractivity contribution < 1.29 is 0 Å². The molecule has 118 valence electrons. The first kappa shape index (κ1) is 15.0. The molecule has 2 aliphatic rings. The topological polar surface area (TPSA) is 27.5 Å². The standard InChI is InChI=1S/C16H29N5/c1-18-9-5-16(6-10-18)14-21(13-12-20(16)3)8-4-15-17-7-11-19(15)2/h7,11H,4-6,8-10,12-14H2,1-3H3. The smallest absolute Gasteiger partial charge is 0.109 e. The van der Waals surface area contributed by atoms with E-state index >= 15 is 0 Å². The molecule has 0 unspecified atom stereocenters. The number of piperazine rings is 1. The van der Waals surface area contributed by atoms with Crippen LogP contribution in [-0.2, 0) is 13.5 Å². The zero-order valence-electron chi connectivity index (χ0n) is 13.8. The summed E-state index contributed by atoms with van der Waals surface area (Å²) in [5.41, 5.74) is 0.409. The zero-order chi connectivity index (χ0) is 14.9. The summed E-state index contributed by atoms with van der Waals surface area (Å²) in [5.74, 6) is 1.20. The van der Waals surface area contributed by atoms with Gasteiger partial charge in [-0.1, -0.05) is 0 Å². The van der Waals surface area contributed by atoms with Crippen LogP contribution in [0.5, 0.6) is 0 Å². The van der Waals surface area contributed by atoms with Gasteiger partial charge >= 0.3 is 0 Å². The number of aromatic nitrogens is 2. The van der Waals surface area contributed by atoms with Crippen molar-refractivity contribution in [1.29, 1.82) is 0 Å². The van der Waals surface area contributed by atoms with Crippen LogP contribution < -0.4 is 0 Å². The van der Waals surface area contributed by atoms with Gasteiger partial charge in [0.15, 0.2) is 0 Å². The normalized spacial score (nSPS) is 24.7. The summed E-state index contributed by atoms with van der Waals surface area (Å²) in [6, 6.07) is 0. The van der Waals surface area contributed by atoms with Gasteiger partial charge in [0, 0.05) is 57.6 Å². The lowest BCUT2D eigenvalue weighted by molar-refractivity contribution is -0.0227. The van der Waals surface area contributed by atoms with Gasteiger partial charge in [0.2, 0.25) is 0 Å². The van der Waals surface area contributed by atoms with Crippen molar-refractivity contribution in [3.63, 3.8) is 0 Å². The van der Waals surface area contributed by atoms with Crippen LogP contribution in [0.1, 0.15) is 18.7 Å². The first-order valence-electron chi connectivity index (χ1n) is 8.17. The molecular formula is C16H29N5. The van der Waals surface area contributed by atoms with E-state index in [0.717, 1.165) is 13.0 Å². The summed E-state index contributed by atoms with van der Waals surface area (Å²) >= 11 is 0. The van der Waals surface area contributed by atoms with E-state index in [-0.39, 0.29) is 0 Å². The third kappa shape index (κ3) is 3.15. The molecule has 2 fully saturated rings. The van der Waals surface area contributed by atoms with Gasteiger partial charge in [-0.2, -0.15) is 0 Å². The maximum atomic E-state index is 4.45. The minimum atomic E-state index is 0.409. The molecule has 21 heavy (non-hydrogen) atoms. The summed E-state index contributed by atoms with van der Waals surface area (Å²) in [6.07, 6.45) is 7.61. The van der Waals surface area contributed by atoms with Crippen LogP contribution in [0.4, 0.5) is 0 Å². The Labute approximate surface area is 128 Å². The van der Waals surface area contributed by atoms with E-state index in [1.807, 2.05) is 12.4 Å². The Morgan fingerprint density at radius 3 is 2.52 bits per heavy atom. The van der Waals surface area contributed by atoms with Crippen LogP contribution in [0.25, 0.3) is 0 Å². The largest absolute Gasteiger partial charge is 0.338 e. The van der Waals surface area contributed by atoms with Gasteiger partial charge in [-0.3, -0.25) is 9.80 Å². The maximum Gasteiger partial charge on any atom is 0.109 e. The summed E-state index contributed by atoms with van der Waals surface area (Å²) in [7, 11) is 6.65. The highest BCUT2D eigenvalue weighted by molar-refractivity contribution is 5.00. The highest BCUT2D eigenvalue weighted by Crippen LogP contribution is 2.31. The van der Waals surface area contributed by atoms with E-state index in [9.17, 15) is 0 Å². The Hall–Kier alpha value is -0.910. The van der Waals surface area contributed by atoms with Gasteiger partial charge in [-0.05, 0) is 40.0 Å². The van der Waals surface area contributed by atoms with Crippen molar-refractivity contribution in [3.05, 3.63) is 18.2 Å². The van der Waals surface area contributed by atoms with Crippen LogP contribution in [0.2, 0.25) is 0 Å². The molecule has 3 rings (SSSR count). The van der Waals surface area contributed by atoms with Gasteiger partial charge in [0.05, 0.1) is 0 Å². The molecule has 2 saturated heterocycles. The number of aryl methyl sites for hydroxylation is 1. The van der Waals surface area contributed by atoms with Crippen LogP contribution in [0.3, 0.4) is 0 Å². The Balaban J connectivity index is 1.59. The summed E-state index contributed by atoms with van der Waals surface area (Å²) < 4.78 is 2.14. The van der Waals surface area contributed by atoms with E-state index < -0.39 is 0 Å². The van der Waals surface area contributed by atoms with E-state index in [2.05, 4.69) is 45.4 Å². The van der Waals surface area contributed by atoms with Gasteiger partial charge in [-0.15, -0.1) is 0 Å². The van der Waals surface area contributed by atoms with E-state index in [4.69, 9.17) is 0 Å². The van der Waals surface area contributed by atoms with Crippen molar-refractivity contribution in [2.45, 2.75) is 24.8 Å². The predicted molar refractivity (Wildman–Crippen MR) is 85.4 cm³/mol. The van der Waals surface area contributed by atoms with Crippen molar-refractivity contribution >= 4 is 0 Å². The predicted octanol–water partition coefficient (Wildman–Crippen LogP) is 0.674. The van der Waals surface area contributed by atoms with Crippen LogP contribution in [0, 0.1) is 0 Å². The summed E-state index contributed by atoms with van der Waals surface area (Å²) in [5, 5.41) is 0. The molecule has 0 bridgehead atoms. The molecule has 0 amide bonds. The second-order valence-corrected chi connectivity index (χ2v) is 6.93. The third-order valence-corrected chi connectivity index (χ3v) is 5.57. The highest BCUT2D eigenvalue weighted by Gasteiger charge is 2.41. The van der Waals surface area contributed by atoms with E-state index in [1.54, 1.807) is 0 Å². The molecular weight excluding hydrogens is 262 g/mol. The lowest BCUT2D eigenvalue weighted by atomic mass is 9.84. The van der Waals surface area contributed by atoms with Crippen molar-refractivity contribution in [3.8, 4) is 0 Å². The molecule has 3 heterocycles. The number of imidazole rings is 1. The van der Waals surface area contributed by atoms with Crippen molar-refractivity contribution in [2.24, 2.45) is 7.05 Å². The first-order valence-corrected chi connectivity index (χ1v) is 8.17. The molecule has 0 saturated carbocycles. The number of nitrogens with zero attached hydrogens (tertiary/aromatic N) is 5. The van der Waals surface area contributed by atoms with Gasteiger partial charge < -0.3 is 9.47 Å². The summed E-state index contributed by atoms with van der Waals surface area (Å²) in [6.45, 7) is 7.22. The van der Waals surface area contributed by atoms with Gasteiger partial charge in [0.25, 0.3) is 0 Å². The van der Waals surface area contributed by atoms with Crippen LogP contribution in [0.15, 0.2) is 12.4 Å². The van der Waals surface area contributed by atoms with Crippen LogP contribution >= 0.6 is 0 Å². The Morgan fingerprint density at radius 1 is 1.10 bits per heavy atom. The molecule has 0 radical (unpaired) electrons. The fourth-order valence-corrected chi connectivity index (χ4v) is 3.81. The molecule has 5 heteroatoms. The number of likely N-dealkylation sites (N-methyl/N-ethyl adjacent to an activating group) is 1. The average Bonchev–Trinajstić information content (AvgIpc) is 2.89. The molecule has 1 spiro atoms. The minimum absolute atomic E-state index is 0.409. The zero-order valence-corrected chi connectivity index (χ0v) is 13.8. The van der Waals surface area contributed by atoms with E-state index in [0.29, 0.717) is 5.54 Å². The number of hydrogen-bond acceptors (Lipinski definition) is 4. The molecule has 2 aliphatic heterocycles. The quantitative estimate of drug-likeness (QED) is 0.818. The summed E-state index contributed by atoms with van der Waals surface area (Å²) in [4.78, 5) is 12.2. The highest BCUT2D eigenvalue weighted by atomic mass is 15.3. The van der Waals surface area contributed by atoms with Gasteiger partial charge in [0.1, 0.15) is 5.82 Å². The Kier molecular flexibility index (Phi) is 4.33. The average molecular weight is 291 g/mol. The second kappa shape index (κ2) is 6.07. The minimum Gasteiger partial charge on any atom is -0.338 e. The van der Waals surface area contributed by atoms with Gasteiger partial charge in [-0.25, -0.2) is 4.98 Å². The van der Waals surface area contributed by atoms with Crippen molar-refractivity contribution in [2.75, 3.05) is 53.4 Å². The fraction of sp³-hybridized carbons (Fsp3) is 0.812. The Morgan fingerprint density at radius 2 is 1.86 bits per heavy atom.